The Morgan fingerprint density at radius 1 is 1.00 bits per heavy atom. The van der Waals surface area contributed by atoms with Gasteiger partial charge in [0, 0.05) is 37.8 Å². The molecule has 1 atom stereocenters. The van der Waals surface area contributed by atoms with Gasteiger partial charge in [-0.05, 0) is 6.92 Å². The second-order valence-electron chi connectivity index (χ2n) is 4.64. The Hall–Kier alpha value is -1.21. The molecule has 0 amide bonds. The van der Waals surface area contributed by atoms with E-state index in [0.717, 1.165) is 0 Å². The molecule has 0 unspecified atom stereocenters. The number of benzene rings is 1. The van der Waals surface area contributed by atoms with Gasteiger partial charge in [-0.2, -0.15) is 0 Å². The lowest BCUT2D eigenvalue weighted by Gasteiger charge is -2.32. The quantitative estimate of drug-likeness (QED) is 0.507. The molecule has 0 bridgehead atoms. The van der Waals surface area contributed by atoms with E-state index in [1.807, 2.05) is 6.92 Å². The lowest BCUT2D eigenvalue weighted by molar-refractivity contribution is 0.192. The fourth-order valence-electron chi connectivity index (χ4n) is 2.17. The smallest absolute Gasteiger partial charge is 0.200 e. The van der Waals surface area contributed by atoms with E-state index in [4.69, 9.17) is 0 Å². The predicted octanol–water partition coefficient (Wildman–Crippen LogP) is 2.18. The number of halogens is 5. The van der Waals surface area contributed by atoms with Gasteiger partial charge >= 0.3 is 0 Å². The Bertz CT molecular complexity index is 462. The van der Waals surface area contributed by atoms with Crippen molar-refractivity contribution < 1.29 is 22.0 Å². The highest BCUT2D eigenvalue weighted by Crippen LogP contribution is 2.24. The summed E-state index contributed by atoms with van der Waals surface area (Å²) >= 11 is 0. The van der Waals surface area contributed by atoms with Crippen LogP contribution in [0.2, 0.25) is 0 Å². The second kappa shape index (κ2) is 5.42. The normalized spacial score (nSPS) is 20.8. The van der Waals surface area contributed by atoms with Crippen molar-refractivity contribution in [2.75, 3.05) is 19.6 Å². The molecule has 7 heteroatoms. The molecule has 1 fully saturated rings. The standard InChI is InChI=1S/C12H13F5N2/c1-6-4-19(3-2-18-6)5-7-8(13)10(15)12(17)11(16)9(7)14/h6,18H,2-5H2,1H3/t6-/m1/s1. The van der Waals surface area contributed by atoms with Crippen LogP contribution >= 0.6 is 0 Å². The third-order valence-electron chi connectivity index (χ3n) is 3.14. The van der Waals surface area contributed by atoms with Crippen LogP contribution in [-0.2, 0) is 6.54 Å². The van der Waals surface area contributed by atoms with Gasteiger partial charge in [-0.1, -0.05) is 0 Å². The van der Waals surface area contributed by atoms with Crippen molar-refractivity contribution in [1.82, 2.24) is 10.2 Å². The van der Waals surface area contributed by atoms with Crippen molar-refractivity contribution in [3.05, 3.63) is 34.6 Å². The highest BCUT2D eigenvalue weighted by molar-refractivity contribution is 5.24. The maximum atomic E-state index is 13.5. The predicted molar refractivity (Wildman–Crippen MR) is 59.0 cm³/mol. The first-order valence-electron chi connectivity index (χ1n) is 5.87. The molecule has 106 valence electrons. The molecule has 1 aromatic rings. The number of rotatable bonds is 2. The summed E-state index contributed by atoms with van der Waals surface area (Å²) in [7, 11) is 0. The molecule has 0 aliphatic carbocycles. The largest absolute Gasteiger partial charge is 0.312 e. The Morgan fingerprint density at radius 3 is 2.05 bits per heavy atom. The van der Waals surface area contributed by atoms with Gasteiger partial charge in [-0.15, -0.1) is 0 Å². The summed E-state index contributed by atoms with van der Waals surface area (Å²) in [6, 6.07) is 0.106. The molecule has 1 aliphatic heterocycles. The lowest BCUT2D eigenvalue weighted by atomic mass is 10.1. The highest BCUT2D eigenvalue weighted by atomic mass is 19.2. The monoisotopic (exact) mass is 280 g/mol. The van der Waals surface area contributed by atoms with E-state index >= 15 is 0 Å². The number of piperazine rings is 1. The Balaban J connectivity index is 2.30. The van der Waals surface area contributed by atoms with E-state index in [1.54, 1.807) is 4.90 Å². The Kier molecular flexibility index (Phi) is 4.05. The summed E-state index contributed by atoms with van der Waals surface area (Å²) in [6.07, 6.45) is 0. The van der Waals surface area contributed by atoms with Crippen LogP contribution in [0.25, 0.3) is 0 Å². The number of nitrogens with one attached hydrogen (secondary N) is 1. The fourth-order valence-corrected chi connectivity index (χ4v) is 2.17. The van der Waals surface area contributed by atoms with Gasteiger partial charge in [0.05, 0.1) is 0 Å². The molecule has 1 aromatic carbocycles. The van der Waals surface area contributed by atoms with Gasteiger partial charge in [0.25, 0.3) is 0 Å². The van der Waals surface area contributed by atoms with E-state index in [1.165, 1.54) is 0 Å². The summed E-state index contributed by atoms with van der Waals surface area (Å²) in [5.74, 6) is -9.40. The molecule has 0 spiro atoms. The zero-order chi connectivity index (χ0) is 14.2. The zero-order valence-electron chi connectivity index (χ0n) is 10.2. The van der Waals surface area contributed by atoms with Crippen LogP contribution in [0.15, 0.2) is 0 Å². The molecular weight excluding hydrogens is 267 g/mol. The van der Waals surface area contributed by atoms with Crippen molar-refractivity contribution in [2.24, 2.45) is 0 Å². The second-order valence-corrected chi connectivity index (χ2v) is 4.64. The van der Waals surface area contributed by atoms with E-state index in [2.05, 4.69) is 5.32 Å². The van der Waals surface area contributed by atoms with Crippen molar-refractivity contribution >= 4 is 0 Å². The third kappa shape index (κ3) is 2.71. The first kappa shape index (κ1) is 14.2. The van der Waals surface area contributed by atoms with E-state index < -0.39 is 34.6 Å². The van der Waals surface area contributed by atoms with E-state index in [-0.39, 0.29) is 12.6 Å². The number of hydrogen-bond acceptors (Lipinski definition) is 2. The van der Waals surface area contributed by atoms with Crippen molar-refractivity contribution in [2.45, 2.75) is 19.5 Å². The average molecular weight is 280 g/mol. The summed E-state index contributed by atoms with van der Waals surface area (Å²) < 4.78 is 66.0. The van der Waals surface area contributed by atoms with Crippen LogP contribution in [0.3, 0.4) is 0 Å². The van der Waals surface area contributed by atoms with E-state index in [9.17, 15) is 22.0 Å². The molecule has 0 radical (unpaired) electrons. The summed E-state index contributed by atoms with van der Waals surface area (Å²) in [5, 5.41) is 3.12. The van der Waals surface area contributed by atoms with Crippen molar-refractivity contribution in [3.8, 4) is 0 Å². The molecule has 1 saturated heterocycles. The minimum Gasteiger partial charge on any atom is -0.312 e. The fraction of sp³-hybridized carbons (Fsp3) is 0.500. The molecule has 2 nitrogen and oxygen atoms in total. The first-order valence-corrected chi connectivity index (χ1v) is 5.87. The van der Waals surface area contributed by atoms with Gasteiger partial charge < -0.3 is 5.32 Å². The van der Waals surface area contributed by atoms with Crippen LogP contribution < -0.4 is 5.32 Å². The summed E-state index contributed by atoms with van der Waals surface area (Å²) in [5.41, 5.74) is -0.773. The Labute approximate surface area is 107 Å². The van der Waals surface area contributed by atoms with Gasteiger partial charge in [0.15, 0.2) is 23.3 Å². The number of hydrogen-bond donors (Lipinski definition) is 1. The van der Waals surface area contributed by atoms with Gasteiger partial charge in [-0.25, -0.2) is 22.0 Å². The zero-order valence-corrected chi connectivity index (χ0v) is 10.2. The van der Waals surface area contributed by atoms with Gasteiger partial charge in [0.2, 0.25) is 5.82 Å². The van der Waals surface area contributed by atoms with Crippen LogP contribution in [0, 0.1) is 29.1 Å². The highest BCUT2D eigenvalue weighted by Gasteiger charge is 2.27. The van der Waals surface area contributed by atoms with Crippen molar-refractivity contribution in [1.29, 1.82) is 0 Å². The van der Waals surface area contributed by atoms with Crippen molar-refractivity contribution in [3.63, 3.8) is 0 Å². The van der Waals surface area contributed by atoms with Crippen LogP contribution in [-0.4, -0.2) is 30.6 Å². The lowest BCUT2D eigenvalue weighted by Crippen LogP contribution is -2.48. The Morgan fingerprint density at radius 2 is 1.53 bits per heavy atom. The maximum absolute atomic E-state index is 13.5. The maximum Gasteiger partial charge on any atom is 0.200 e. The molecule has 1 aliphatic rings. The van der Waals surface area contributed by atoms with Crippen LogP contribution in [0.1, 0.15) is 12.5 Å². The minimum atomic E-state index is -2.12. The summed E-state index contributed by atoms with van der Waals surface area (Å²) in [6.45, 7) is 3.17. The summed E-state index contributed by atoms with van der Waals surface area (Å²) in [4.78, 5) is 1.65. The van der Waals surface area contributed by atoms with Gasteiger partial charge in [0.1, 0.15) is 0 Å². The van der Waals surface area contributed by atoms with Crippen LogP contribution in [0.4, 0.5) is 22.0 Å². The molecule has 19 heavy (non-hydrogen) atoms. The SMILES string of the molecule is C[C@@H]1CN(Cc2c(F)c(F)c(F)c(F)c2F)CCN1. The average Bonchev–Trinajstić information content (AvgIpc) is 2.39. The van der Waals surface area contributed by atoms with Gasteiger partial charge in [-0.3, -0.25) is 4.90 Å². The first-order chi connectivity index (χ1) is 8.91. The third-order valence-corrected chi connectivity index (χ3v) is 3.14. The van der Waals surface area contributed by atoms with E-state index in [0.29, 0.717) is 19.6 Å². The molecular formula is C12H13F5N2. The molecule has 0 saturated carbocycles. The molecule has 1 N–H and O–H groups in total. The molecule has 1 heterocycles. The van der Waals surface area contributed by atoms with Crippen LogP contribution in [0.5, 0.6) is 0 Å². The molecule has 0 aromatic heterocycles. The minimum absolute atomic E-state index is 0.106. The molecule has 2 rings (SSSR count). The number of nitrogens with zero attached hydrogens (tertiary/aromatic N) is 1. The topological polar surface area (TPSA) is 15.3 Å².